The summed E-state index contributed by atoms with van der Waals surface area (Å²) in [4.78, 5) is 25.7. The lowest BCUT2D eigenvalue weighted by Crippen LogP contribution is -2.51. The van der Waals surface area contributed by atoms with Gasteiger partial charge < -0.3 is 14.4 Å². The molecule has 2 unspecified atom stereocenters. The van der Waals surface area contributed by atoms with Gasteiger partial charge in [0.25, 0.3) is 0 Å². The number of esters is 1. The Balaban J connectivity index is 2.62. The Morgan fingerprint density at radius 2 is 1.67 bits per heavy atom. The van der Waals surface area contributed by atoms with E-state index in [-0.39, 0.29) is 30.1 Å². The highest BCUT2D eigenvalue weighted by molar-refractivity contribution is 5.70. The van der Waals surface area contributed by atoms with E-state index in [1.807, 2.05) is 41.5 Å². The van der Waals surface area contributed by atoms with E-state index in [4.69, 9.17) is 9.47 Å². The average molecular weight is 299 g/mol. The third kappa shape index (κ3) is 5.56. The summed E-state index contributed by atoms with van der Waals surface area (Å²) in [6.07, 6.45) is 1.78. The van der Waals surface area contributed by atoms with Crippen LogP contribution in [0.15, 0.2) is 0 Å². The fourth-order valence-electron chi connectivity index (χ4n) is 3.02. The lowest BCUT2D eigenvalue weighted by Gasteiger charge is -2.42. The zero-order chi connectivity index (χ0) is 16.2. The van der Waals surface area contributed by atoms with E-state index < -0.39 is 5.60 Å². The predicted octanol–water partition coefficient (Wildman–Crippen LogP) is 3.36. The third-order valence-electron chi connectivity index (χ3n) is 3.66. The number of hydrogen-bond donors (Lipinski definition) is 0. The van der Waals surface area contributed by atoms with Crippen LogP contribution in [-0.2, 0) is 14.3 Å². The second kappa shape index (κ2) is 7.14. The van der Waals surface area contributed by atoms with Gasteiger partial charge in [0.2, 0.25) is 0 Å². The average Bonchev–Trinajstić information content (AvgIpc) is 2.24. The molecule has 21 heavy (non-hydrogen) atoms. The van der Waals surface area contributed by atoms with Crippen molar-refractivity contribution in [3.8, 4) is 0 Å². The maximum atomic E-state index is 12.3. The number of hydrogen-bond acceptors (Lipinski definition) is 4. The zero-order valence-electron chi connectivity index (χ0n) is 14.1. The normalized spacial score (nSPS) is 26.4. The number of likely N-dealkylation sites (tertiary alicyclic amines) is 1. The first-order valence-corrected chi connectivity index (χ1v) is 7.81. The zero-order valence-corrected chi connectivity index (χ0v) is 14.1. The van der Waals surface area contributed by atoms with Gasteiger partial charge in [0.1, 0.15) is 5.60 Å². The van der Waals surface area contributed by atoms with Crippen molar-refractivity contribution in [2.24, 2.45) is 5.92 Å². The molecule has 122 valence electrons. The van der Waals surface area contributed by atoms with Crippen molar-refractivity contribution >= 4 is 12.1 Å². The van der Waals surface area contributed by atoms with Gasteiger partial charge in [-0.05, 0) is 60.3 Å². The second-order valence-corrected chi connectivity index (χ2v) is 6.93. The topological polar surface area (TPSA) is 55.8 Å². The first-order chi connectivity index (χ1) is 9.64. The molecule has 3 atom stereocenters. The van der Waals surface area contributed by atoms with Gasteiger partial charge in [-0.1, -0.05) is 0 Å². The molecule has 0 aromatic heterocycles. The Bertz CT molecular complexity index is 363. The highest BCUT2D eigenvalue weighted by Gasteiger charge is 2.37. The van der Waals surface area contributed by atoms with E-state index in [0.717, 1.165) is 12.8 Å². The number of rotatable bonds is 3. The number of amides is 1. The number of piperidine rings is 1. The molecule has 5 nitrogen and oxygen atoms in total. The summed E-state index contributed by atoms with van der Waals surface area (Å²) in [6, 6.07) is 0.144. The Morgan fingerprint density at radius 1 is 1.14 bits per heavy atom. The van der Waals surface area contributed by atoms with Gasteiger partial charge in [0, 0.05) is 18.5 Å². The molecule has 0 radical (unpaired) electrons. The van der Waals surface area contributed by atoms with Crippen molar-refractivity contribution in [1.29, 1.82) is 0 Å². The van der Waals surface area contributed by atoms with E-state index in [1.165, 1.54) is 0 Å². The van der Waals surface area contributed by atoms with Crippen LogP contribution in [0.5, 0.6) is 0 Å². The van der Waals surface area contributed by atoms with E-state index in [0.29, 0.717) is 13.0 Å². The molecule has 1 saturated heterocycles. The Labute approximate surface area is 128 Å². The highest BCUT2D eigenvalue weighted by atomic mass is 16.6. The SMILES string of the molecule is CCOC(=O)CC1CC(C)N(C(=O)OC(C)(C)C)[C@H](C)C1. The fourth-order valence-corrected chi connectivity index (χ4v) is 3.02. The molecule has 0 aliphatic carbocycles. The minimum Gasteiger partial charge on any atom is -0.466 e. The van der Waals surface area contributed by atoms with Gasteiger partial charge in [-0.2, -0.15) is 0 Å². The molecule has 1 rings (SSSR count). The lowest BCUT2D eigenvalue weighted by atomic mass is 9.85. The Hall–Kier alpha value is -1.26. The molecule has 0 aromatic carbocycles. The number of carbonyl (C=O) groups is 2. The third-order valence-corrected chi connectivity index (χ3v) is 3.66. The van der Waals surface area contributed by atoms with E-state index in [1.54, 1.807) is 4.90 Å². The van der Waals surface area contributed by atoms with Crippen LogP contribution >= 0.6 is 0 Å². The monoisotopic (exact) mass is 299 g/mol. The minimum absolute atomic E-state index is 0.0722. The second-order valence-electron chi connectivity index (χ2n) is 6.93. The molecule has 1 heterocycles. The van der Waals surface area contributed by atoms with Crippen LogP contribution in [0.25, 0.3) is 0 Å². The van der Waals surface area contributed by atoms with Gasteiger partial charge in [0.15, 0.2) is 0 Å². The van der Waals surface area contributed by atoms with Crippen LogP contribution in [0, 0.1) is 5.92 Å². The van der Waals surface area contributed by atoms with Crippen molar-refractivity contribution in [2.45, 2.75) is 78.5 Å². The molecular formula is C16H29NO4. The van der Waals surface area contributed by atoms with Gasteiger partial charge in [-0.25, -0.2) is 4.79 Å². The number of carbonyl (C=O) groups excluding carboxylic acids is 2. The Morgan fingerprint density at radius 3 is 2.10 bits per heavy atom. The van der Waals surface area contributed by atoms with Gasteiger partial charge >= 0.3 is 12.1 Å². The summed E-state index contributed by atoms with van der Waals surface area (Å²) in [5.74, 6) is 0.125. The lowest BCUT2D eigenvalue weighted by molar-refractivity contribution is -0.144. The van der Waals surface area contributed by atoms with Gasteiger partial charge in [0.05, 0.1) is 6.61 Å². The highest BCUT2D eigenvalue weighted by Crippen LogP contribution is 2.31. The van der Waals surface area contributed by atoms with Crippen molar-refractivity contribution in [3.63, 3.8) is 0 Å². The van der Waals surface area contributed by atoms with Gasteiger partial charge in [-0.3, -0.25) is 4.79 Å². The molecule has 0 spiro atoms. The van der Waals surface area contributed by atoms with Crippen molar-refractivity contribution in [3.05, 3.63) is 0 Å². The van der Waals surface area contributed by atoms with E-state index >= 15 is 0 Å². The number of ether oxygens (including phenoxy) is 2. The molecule has 1 amide bonds. The van der Waals surface area contributed by atoms with Crippen molar-refractivity contribution < 1.29 is 19.1 Å². The first-order valence-electron chi connectivity index (χ1n) is 7.81. The smallest absolute Gasteiger partial charge is 0.410 e. The van der Waals surface area contributed by atoms with Crippen LogP contribution in [0.1, 0.15) is 60.8 Å². The fraction of sp³-hybridized carbons (Fsp3) is 0.875. The van der Waals surface area contributed by atoms with Crippen LogP contribution in [-0.4, -0.2) is 41.3 Å². The van der Waals surface area contributed by atoms with Gasteiger partial charge in [-0.15, -0.1) is 0 Å². The summed E-state index contributed by atoms with van der Waals surface area (Å²) in [7, 11) is 0. The summed E-state index contributed by atoms with van der Waals surface area (Å²) in [5.41, 5.74) is -0.488. The molecule has 1 fully saturated rings. The largest absolute Gasteiger partial charge is 0.466 e. The minimum atomic E-state index is -0.488. The molecule has 5 heteroatoms. The van der Waals surface area contributed by atoms with Crippen molar-refractivity contribution in [1.82, 2.24) is 4.90 Å². The molecule has 0 saturated carbocycles. The first kappa shape index (κ1) is 17.8. The van der Waals surface area contributed by atoms with Crippen LogP contribution in [0.3, 0.4) is 0 Å². The molecule has 0 bridgehead atoms. The Kier molecular flexibility index (Phi) is 6.05. The van der Waals surface area contributed by atoms with Crippen LogP contribution in [0.2, 0.25) is 0 Å². The quantitative estimate of drug-likeness (QED) is 0.750. The van der Waals surface area contributed by atoms with Crippen LogP contribution < -0.4 is 0 Å². The van der Waals surface area contributed by atoms with Crippen LogP contribution in [0.4, 0.5) is 4.79 Å². The summed E-state index contributed by atoms with van der Waals surface area (Å²) in [6.45, 7) is 11.9. The maximum absolute atomic E-state index is 12.3. The predicted molar refractivity (Wildman–Crippen MR) is 81.0 cm³/mol. The summed E-state index contributed by atoms with van der Waals surface area (Å²) < 4.78 is 10.5. The van der Waals surface area contributed by atoms with Crippen molar-refractivity contribution in [2.75, 3.05) is 6.61 Å². The van der Waals surface area contributed by atoms with E-state index in [9.17, 15) is 9.59 Å². The molecular weight excluding hydrogens is 270 g/mol. The summed E-state index contributed by atoms with van der Waals surface area (Å²) >= 11 is 0. The standard InChI is InChI=1S/C16H29NO4/c1-7-20-14(18)10-13-8-11(2)17(12(3)9-13)15(19)21-16(4,5)6/h11-13H,7-10H2,1-6H3/t11-,12?,13?/m1/s1. The summed E-state index contributed by atoms with van der Waals surface area (Å²) in [5, 5.41) is 0. The van der Waals surface area contributed by atoms with E-state index in [2.05, 4.69) is 0 Å². The maximum Gasteiger partial charge on any atom is 0.410 e. The number of nitrogens with zero attached hydrogens (tertiary/aromatic N) is 1. The molecule has 0 N–H and O–H groups in total. The molecule has 0 aromatic rings. The molecule has 1 aliphatic heterocycles. The molecule has 1 aliphatic rings.